The highest BCUT2D eigenvalue weighted by atomic mass is 15.3. The second kappa shape index (κ2) is 5.89. The molecule has 2 N–H and O–H groups in total. The summed E-state index contributed by atoms with van der Waals surface area (Å²) in [7, 11) is 0. The standard InChI is InChI=1S/C17H23N7/c1-3-14-15(18)21-13-8-19-17(23-9-11(2)20-10-23)22-16(13)24(14)12-6-4-5-7-12/h8-10,12,14H,3-7H2,1-2H3,(H2,18,21)/t14-/m1/s1. The van der Waals surface area contributed by atoms with Gasteiger partial charge in [0.2, 0.25) is 5.95 Å². The van der Waals surface area contributed by atoms with E-state index in [-0.39, 0.29) is 6.04 Å². The lowest BCUT2D eigenvalue weighted by molar-refractivity contribution is 0.550. The summed E-state index contributed by atoms with van der Waals surface area (Å²) in [5.41, 5.74) is 7.96. The Morgan fingerprint density at radius 3 is 2.71 bits per heavy atom. The molecule has 2 aliphatic rings. The van der Waals surface area contributed by atoms with Crippen molar-refractivity contribution < 1.29 is 0 Å². The maximum atomic E-state index is 6.25. The molecule has 4 rings (SSSR count). The minimum atomic E-state index is 0.118. The molecule has 1 atom stereocenters. The van der Waals surface area contributed by atoms with E-state index in [1.807, 2.05) is 17.7 Å². The van der Waals surface area contributed by atoms with E-state index < -0.39 is 0 Å². The van der Waals surface area contributed by atoms with E-state index in [9.17, 15) is 0 Å². The molecule has 1 aliphatic heterocycles. The Morgan fingerprint density at radius 1 is 1.25 bits per heavy atom. The number of hydrogen-bond acceptors (Lipinski definition) is 6. The van der Waals surface area contributed by atoms with Gasteiger partial charge in [-0.1, -0.05) is 19.8 Å². The summed E-state index contributed by atoms with van der Waals surface area (Å²) in [4.78, 5) is 20.5. The van der Waals surface area contributed by atoms with Gasteiger partial charge in [0.05, 0.1) is 17.9 Å². The summed E-state index contributed by atoms with van der Waals surface area (Å²) >= 11 is 0. The van der Waals surface area contributed by atoms with Crippen LogP contribution < -0.4 is 10.6 Å². The van der Waals surface area contributed by atoms with Crippen LogP contribution in [0.1, 0.15) is 44.7 Å². The number of aliphatic imine (C=N–C) groups is 1. The van der Waals surface area contributed by atoms with Crippen LogP contribution in [0, 0.1) is 6.92 Å². The van der Waals surface area contributed by atoms with Crippen molar-refractivity contribution in [3.05, 3.63) is 24.4 Å². The van der Waals surface area contributed by atoms with Crippen LogP contribution in [-0.2, 0) is 0 Å². The fourth-order valence-corrected chi connectivity index (χ4v) is 3.80. The Bertz CT molecular complexity index is 773. The number of anilines is 1. The summed E-state index contributed by atoms with van der Waals surface area (Å²) in [6.07, 6.45) is 11.3. The number of nitrogens with zero attached hydrogens (tertiary/aromatic N) is 6. The first kappa shape index (κ1) is 15.1. The van der Waals surface area contributed by atoms with Crippen molar-refractivity contribution >= 4 is 17.3 Å². The molecule has 0 spiro atoms. The summed E-state index contributed by atoms with van der Waals surface area (Å²) in [6, 6.07) is 0.600. The summed E-state index contributed by atoms with van der Waals surface area (Å²) in [5, 5.41) is 0. The second-order valence-corrected chi connectivity index (χ2v) is 6.61. The third-order valence-electron chi connectivity index (χ3n) is 4.96. The number of nitrogens with two attached hydrogens (primary N) is 1. The Morgan fingerprint density at radius 2 is 2.04 bits per heavy atom. The minimum Gasteiger partial charge on any atom is -0.385 e. The van der Waals surface area contributed by atoms with Crippen LogP contribution in [0.4, 0.5) is 11.5 Å². The van der Waals surface area contributed by atoms with Crippen LogP contribution in [0.5, 0.6) is 0 Å². The maximum absolute atomic E-state index is 6.25. The molecule has 7 heteroatoms. The van der Waals surface area contributed by atoms with E-state index in [2.05, 4.69) is 26.8 Å². The van der Waals surface area contributed by atoms with Gasteiger partial charge in [-0.15, -0.1) is 0 Å². The summed E-state index contributed by atoms with van der Waals surface area (Å²) in [5.74, 6) is 2.20. The van der Waals surface area contributed by atoms with Crippen molar-refractivity contribution in [2.45, 2.75) is 58.0 Å². The first-order chi connectivity index (χ1) is 11.7. The molecule has 0 unspecified atom stereocenters. The molecule has 3 heterocycles. The third-order valence-corrected chi connectivity index (χ3v) is 4.96. The number of aryl methyl sites for hydroxylation is 1. The van der Waals surface area contributed by atoms with Crippen LogP contribution in [0.15, 0.2) is 23.7 Å². The van der Waals surface area contributed by atoms with Crippen LogP contribution in [0.25, 0.3) is 5.95 Å². The number of hydrogen-bond donors (Lipinski definition) is 1. The number of aromatic nitrogens is 4. The SMILES string of the molecule is CC[C@@H]1C(N)=Nc2cnc(-n3cnc(C)c3)nc2N1C1CCCC1. The molecule has 7 nitrogen and oxygen atoms in total. The zero-order valence-electron chi connectivity index (χ0n) is 14.2. The molecule has 1 saturated carbocycles. The molecule has 126 valence electrons. The zero-order chi connectivity index (χ0) is 16.7. The lowest BCUT2D eigenvalue weighted by Gasteiger charge is -2.39. The Kier molecular flexibility index (Phi) is 3.70. The van der Waals surface area contributed by atoms with Crippen molar-refractivity contribution in [2.24, 2.45) is 10.7 Å². The smallest absolute Gasteiger partial charge is 0.237 e. The average Bonchev–Trinajstić information content (AvgIpc) is 3.24. The predicted octanol–water partition coefficient (Wildman–Crippen LogP) is 2.50. The van der Waals surface area contributed by atoms with Crippen LogP contribution in [0.2, 0.25) is 0 Å². The Hall–Kier alpha value is -2.44. The highest BCUT2D eigenvalue weighted by molar-refractivity contribution is 5.95. The largest absolute Gasteiger partial charge is 0.385 e. The maximum Gasteiger partial charge on any atom is 0.237 e. The second-order valence-electron chi connectivity index (χ2n) is 6.61. The normalized spacial score (nSPS) is 21.0. The zero-order valence-corrected chi connectivity index (χ0v) is 14.2. The van der Waals surface area contributed by atoms with Crippen molar-refractivity contribution in [1.82, 2.24) is 19.5 Å². The van der Waals surface area contributed by atoms with Crippen molar-refractivity contribution in [3.63, 3.8) is 0 Å². The van der Waals surface area contributed by atoms with Gasteiger partial charge in [-0.3, -0.25) is 4.57 Å². The number of fused-ring (bicyclic) bond motifs is 1. The minimum absolute atomic E-state index is 0.118. The molecule has 0 saturated heterocycles. The molecule has 1 aliphatic carbocycles. The third kappa shape index (κ3) is 2.44. The highest BCUT2D eigenvalue weighted by Gasteiger charge is 2.35. The monoisotopic (exact) mass is 325 g/mol. The lowest BCUT2D eigenvalue weighted by Crippen LogP contribution is -2.51. The number of amidine groups is 1. The number of imidazole rings is 1. The highest BCUT2D eigenvalue weighted by Crippen LogP contribution is 2.38. The molecule has 0 aromatic carbocycles. The van der Waals surface area contributed by atoms with Gasteiger partial charge >= 0.3 is 0 Å². The Balaban J connectivity index is 1.81. The van der Waals surface area contributed by atoms with Crippen molar-refractivity contribution in [3.8, 4) is 5.95 Å². The van der Waals surface area contributed by atoms with Crippen LogP contribution in [0.3, 0.4) is 0 Å². The van der Waals surface area contributed by atoms with Crippen LogP contribution >= 0.6 is 0 Å². The summed E-state index contributed by atoms with van der Waals surface area (Å²) in [6.45, 7) is 4.11. The van der Waals surface area contributed by atoms with E-state index in [1.54, 1.807) is 12.5 Å². The molecule has 0 bridgehead atoms. The molecule has 2 aromatic rings. The molecule has 1 fully saturated rings. The molecular weight excluding hydrogens is 302 g/mol. The van der Waals surface area contributed by atoms with Gasteiger partial charge in [0.1, 0.15) is 17.9 Å². The Labute approximate surface area is 141 Å². The predicted molar refractivity (Wildman–Crippen MR) is 94.0 cm³/mol. The fourth-order valence-electron chi connectivity index (χ4n) is 3.80. The molecule has 0 radical (unpaired) electrons. The van der Waals surface area contributed by atoms with E-state index in [0.29, 0.717) is 17.8 Å². The van der Waals surface area contributed by atoms with E-state index in [1.165, 1.54) is 25.7 Å². The van der Waals surface area contributed by atoms with E-state index >= 15 is 0 Å². The van der Waals surface area contributed by atoms with Gasteiger partial charge in [0, 0.05) is 12.2 Å². The fraction of sp³-hybridized carbons (Fsp3) is 0.529. The van der Waals surface area contributed by atoms with Gasteiger partial charge in [0.15, 0.2) is 5.82 Å². The first-order valence-corrected chi connectivity index (χ1v) is 8.67. The molecule has 0 amide bonds. The summed E-state index contributed by atoms with van der Waals surface area (Å²) < 4.78 is 1.85. The lowest BCUT2D eigenvalue weighted by atomic mass is 10.1. The molecular formula is C17H23N7. The van der Waals surface area contributed by atoms with Crippen LogP contribution in [-0.4, -0.2) is 37.4 Å². The first-order valence-electron chi connectivity index (χ1n) is 8.67. The van der Waals surface area contributed by atoms with Gasteiger partial charge in [0.25, 0.3) is 0 Å². The van der Waals surface area contributed by atoms with Gasteiger partial charge in [-0.05, 0) is 26.2 Å². The van der Waals surface area contributed by atoms with Gasteiger partial charge < -0.3 is 10.6 Å². The molecule has 2 aromatic heterocycles. The number of rotatable bonds is 3. The molecule has 24 heavy (non-hydrogen) atoms. The van der Waals surface area contributed by atoms with Crippen molar-refractivity contribution in [1.29, 1.82) is 0 Å². The van der Waals surface area contributed by atoms with Crippen molar-refractivity contribution in [2.75, 3.05) is 4.90 Å². The topological polar surface area (TPSA) is 85.2 Å². The quantitative estimate of drug-likeness (QED) is 0.937. The average molecular weight is 325 g/mol. The van der Waals surface area contributed by atoms with E-state index in [4.69, 9.17) is 10.7 Å². The van der Waals surface area contributed by atoms with Gasteiger partial charge in [-0.25, -0.2) is 15.0 Å². The van der Waals surface area contributed by atoms with E-state index in [0.717, 1.165) is 23.6 Å². The van der Waals surface area contributed by atoms with Gasteiger partial charge in [-0.2, -0.15) is 4.98 Å².